The van der Waals surface area contributed by atoms with Crippen molar-refractivity contribution in [2.24, 2.45) is 0 Å². The highest BCUT2D eigenvalue weighted by Crippen LogP contribution is 2.27. The van der Waals surface area contributed by atoms with Crippen molar-refractivity contribution in [2.45, 2.75) is 19.5 Å². The lowest BCUT2D eigenvalue weighted by Gasteiger charge is -2.10. The number of hydrogen-bond donors (Lipinski definition) is 1. The third-order valence-corrected chi connectivity index (χ3v) is 5.16. The van der Waals surface area contributed by atoms with Crippen LogP contribution in [0, 0.1) is 0 Å². The van der Waals surface area contributed by atoms with Gasteiger partial charge in [0.2, 0.25) is 5.91 Å². The molecule has 10 heteroatoms. The summed E-state index contributed by atoms with van der Waals surface area (Å²) in [7, 11) is 3.15. The lowest BCUT2D eigenvalue weighted by Crippen LogP contribution is -2.33. The van der Waals surface area contributed by atoms with Crippen LogP contribution in [0.15, 0.2) is 59.7 Å². The molecular weight excluding hydrogens is 424 g/mol. The van der Waals surface area contributed by atoms with Gasteiger partial charge in [-0.15, -0.1) is 5.10 Å². The van der Waals surface area contributed by atoms with Crippen LogP contribution in [0.25, 0.3) is 11.2 Å². The Kier molecular flexibility index (Phi) is 6.63. The van der Waals surface area contributed by atoms with Gasteiger partial charge >= 0.3 is 0 Å². The fraction of sp³-hybridized carbons (Fsp3) is 0.261. The smallest absolute Gasteiger partial charge is 0.283 e. The van der Waals surface area contributed by atoms with Crippen LogP contribution < -0.4 is 20.3 Å². The number of rotatable bonds is 9. The molecule has 0 saturated carbocycles. The van der Waals surface area contributed by atoms with E-state index >= 15 is 0 Å². The second-order valence-corrected chi connectivity index (χ2v) is 7.37. The lowest BCUT2D eigenvalue weighted by molar-refractivity contribution is -0.121. The van der Waals surface area contributed by atoms with Gasteiger partial charge in [0.1, 0.15) is 12.9 Å². The molecule has 4 aromatic rings. The number of benzene rings is 2. The fourth-order valence-electron chi connectivity index (χ4n) is 3.46. The summed E-state index contributed by atoms with van der Waals surface area (Å²) >= 11 is 0. The molecule has 2 aromatic heterocycles. The summed E-state index contributed by atoms with van der Waals surface area (Å²) in [4.78, 5) is 29.4. The first-order valence-corrected chi connectivity index (χ1v) is 10.4. The fourth-order valence-corrected chi connectivity index (χ4v) is 3.46. The number of nitrogens with one attached hydrogen (secondary N) is 1. The number of methoxy groups -OCH3 is 2. The second kappa shape index (κ2) is 9.94. The summed E-state index contributed by atoms with van der Waals surface area (Å²) in [6.45, 7) is 0.704. The minimum Gasteiger partial charge on any atom is -0.493 e. The minimum atomic E-state index is -0.408. The third-order valence-electron chi connectivity index (χ3n) is 5.16. The number of fused-ring (bicyclic) bond motifs is 1. The Morgan fingerprint density at radius 2 is 1.82 bits per heavy atom. The molecule has 33 heavy (non-hydrogen) atoms. The summed E-state index contributed by atoms with van der Waals surface area (Å²) in [6, 6.07) is 15.3. The lowest BCUT2D eigenvalue weighted by atomic mass is 10.1. The van der Waals surface area contributed by atoms with Gasteiger partial charge in [-0.1, -0.05) is 41.6 Å². The van der Waals surface area contributed by atoms with Crippen LogP contribution in [0.1, 0.15) is 11.1 Å². The monoisotopic (exact) mass is 448 g/mol. The van der Waals surface area contributed by atoms with Crippen LogP contribution >= 0.6 is 0 Å². The van der Waals surface area contributed by atoms with Crippen molar-refractivity contribution in [2.75, 3.05) is 20.8 Å². The van der Waals surface area contributed by atoms with Crippen molar-refractivity contribution in [3.05, 3.63) is 76.3 Å². The Morgan fingerprint density at radius 1 is 1.03 bits per heavy atom. The molecule has 2 aromatic carbocycles. The molecule has 0 aliphatic heterocycles. The first-order valence-electron chi connectivity index (χ1n) is 10.4. The summed E-state index contributed by atoms with van der Waals surface area (Å²) in [5, 5.41) is 10.8. The number of carbonyl (C=O) groups excluding carboxylic acids is 1. The van der Waals surface area contributed by atoms with Gasteiger partial charge in [0.15, 0.2) is 22.7 Å². The van der Waals surface area contributed by atoms with Crippen molar-refractivity contribution >= 4 is 17.1 Å². The van der Waals surface area contributed by atoms with Crippen molar-refractivity contribution in [1.29, 1.82) is 0 Å². The van der Waals surface area contributed by atoms with Crippen LogP contribution in [0.2, 0.25) is 0 Å². The molecule has 10 nitrogen and oxygen atoms in total. The molecule has 0 radical (unpaired) electrons. The van der Waals surface area contributed by atoms with E-state index in [2.05, 4.69) is 20.6 Å². The molecule has 0 unspecified atom stereocenters. The Bertz CT molecular complexity index is 1320. The first-order chi connectivity index (χ1) is 16.1. The van der Waals surface area contributed by atoms with E-state index in [0.717, 1.165) is 11.1 Å². The predicted octanol–water partition coefficient (Wildman–Crippen LogP) is 1.41. The van der Waals surface area contributed by atoms with Crippen molar-refractivity contribution in [3.8, 4) is 11.5 Å². The Hall–Kier alpha value is -4.21. The Morgan fingerprint density at radius 3 is 2.58 bits per heavy atom. The normalized spacial score (nSPS) is 10.8. The summed E-state index contributed by atoms with van der Waals surface area (Å²) < 4.78 is 13.3. The van der Waals surface area contributed by atoms with Gasteiger partial charge in [0.05, 0.1) is 20.8 Å². The van der Waals surface area contributed by atoms with Crippen molar-refractivity contribution in [3.63, 3.8) is 0 Å². The molecule has 0 aliphatic carbocycles. The third kappa shape index (κ3) is 5.00. The van der Waals surface area contributed by atoms with Crippen molar-refractivity contribution < 1.29 is 14.3 Å². The summed E-state index contributed by atoms with van der Waals surface area (Å²) in [5.74, 6) is 0.983. The molecule has 0 spiro atoms. The predicted molar refractivity (Wildman–Crippen MR) is 121 cm³/mol. The maximum atomic E-state index is 12.8. The molecule has 1 amide bonds. The van der Waals surface area contributed by atoms with Crippen molar-refractivity contribution in [1.82, 2.24) is 29.9 Å². The van der Waals surface area contributed by atoms with E-state index in [1.165, 1.54) is 10.9 Å². The number of carbonyl (C=O) groups is 1. The topological polar surface area (TPSA) is 113 Å². The number of aromatic nitrogens is 5. The number of nitrogens with zero attached hydrogens (tertiary/aromatic N) is 5. The van der Waals surface area contributed by atoms with E-state index in [-0.39, 0.29) is 18.0 Å². The molecule has 0 saturated heterocycles. The maximum Gasteiger partial charge on any atom is 0.283 e. The zero-order valence-electron chi connectivity index (χ0n) is 18.4. The Balaban J connectivity index is 1.38. The minimum absolute atomic E-state index is 0.131. The van der Waals surface area contributed by atoms with Crippen LogP contribution in [-0.4, -0.2) is 51.2 Å². The molecule has 0 aliphatic rings. The first kappa shape index (κ1) is 22.0. The van der Waals surface area contributed by atoms with E-state index in [1.807, 2.05) is 48.5 Å². The zero-order chi connectivity index (χ0) is 23.2. The molecule has 170 valence electrons. The van der Waals surface area contributed by atoms with Gasteiger partial charge in [-0.3, -0.25) is 14.2 Å². The largest absolute Gasteiger partial charge is 0.493 e. The quantitative estimate of drug-likeness (QED) is 0.412. The van der Waals surface area contributed by atoms with Gasteiger partial charge in [-0.05, 0) is 29.7 Å². The Labute approximate surface area is 189 Å². The number of amides is 1. The number of ether oxygens (including phenoxy) is 2. The molecule has 0 fully saturated rings. The van der Waals surface area contributed by atoms with Gasteiger partial charge in [0.25, 0.3) is 5.56 Å². The zero-order valence-corrected chi connectivity index (χ0v) is 18.4. The van der Waals surface area contributed by atoms with E-state index in [9.17, 15) is 9.59 Å². The number of hydrogen-bond acceptors (Lipinski definition) is 7. The van der Waals surface area contributed by atoms with Crippen LogP contribution in [0.5, 0.6) is 11.5 Å². The van der Waals surface area contributed by atoms with E-state index in [4.69, 9.17) is 9.47 Å². The molecular formula is C23H24N6O4. The molecule has 1 N–H and O–H groups in total. The standard InChI is InChI=1S/C23H24N6O4/c1-32-18-9-8-16(12-19(18)33-2)10-11-24-20(30)14-28-15-25-22-21(23(28)31)26-27-29(22)13-17-6-4-3-5-7-17/h3-9,12,15H,10-11,13-14H2,1-2H3,(H,24,30). The van der Waals surface area contributed by atoms with Crippen LogP contribution in [-0.2, 0) is 24.3 Å². The summed E-state index contributed by atoms with van der Waals surface area (Å²) in [5.41, 5.74) is 2.11. The molecule has 0 atom stereocenters. The van der Waals surface area contributed by atoms with Gasteiger partial charge in [-0.25, -0.2) is 9.67 Å². The van der Waals surface area contributed by atoms with E-state index in [0.29, 0.717) is 36.7 Å². The van der Waals surface area contributed by atoms with E-state index in [1.54, 1.807) is 18.9 Å². The summed E-state index contributed by atoms with van der Waals surface area (Å²) in [6.07, 6.45) is 1.95. The highest BCUT2D eigenvalue weighted by Gasteiger charge is 2.14. The average molecular weight is 448 g/mol. The van der Waals surface area contributed by atoms with Crippen LogP contribution in [0.4, 0.5) is 0 Å². The van der Waals surface area contributed by atoms with Gasteiger partial charge in [0, 0.05) is 6.54 Å². The van der Waals surface area contributed by atoms with E-state index < -0.39 is 5.56 Å². The van der Waals surface area contributed by atoms with Gasteiger partial charge in [-0.2, -0.15) is 0 Å². The SMILES string of the molecule is COc1ccc(CCNC(=O)Cn2cnc3c(nnn3Cc3ccccc3)c2=O)cc1OC. The molecule has 4 rings (SSSR count). The average Bonchev–Trinajstić information content (AvgIpc) is 3.24. The van der Waals surface area contributed by atoms with Gasteiger partial charge < -0.3 is 14.8 Å². The second-order valence-electron chi connectivity index (χ2n) is 7.37. The molecule has 2 heterocycles. The van der Waals surface area contributed by atoms with Crippen LogP contribution in [0.3, 0.4) is 0 Å². The highest BCUT2D eigenvalue weighted by molar-refractivity contribution is 5.76. The molecule has 0 bridgehead atoms. The highest BCUT2D eigenvalue weighted by atomic mass is 16.5. The maximum absolute atomic E-state index is 12.8.